The first-order valence-electron chi connectivity index (χ1n) is 14.5. The molecule has 17 nitrogen and oxygen atoms in total. The van der Waals surface area contributed by atoms with Gasteiger partial charge in [-0.25, -0.2) is 9.97 Å². The SMILES string of the molecule is CC(C)Cc1nc(CC(C)C)nc(N(CP(=O)(O)O)CP(=O)(O)O)n1.CC(C)Cc1nc(CC(C)C)nc(NCP(=O)(O)O)n1. The highest BCUT2D eigenvalue weighted by atomic mass is 31.2. The fraction of sp³-hybridized carbons (Fsp3) is 0.760. The van der Waals surface area contributed by atoms with Gasteiger partial charge in [-0.15, -0.1) is 0 Å². The van der Waals surface area contributed by atoms with Crippen molar-refractivity contribution in [2.24, 2.45) is 23.7 Å². The lowest BCUT2D eigenvalue weighted by Crippen LogP contribution is -2.29. The zero-order valence-corrected chi connectivity index (χ0v) is 29.8. The van der Waals surface area contributed by atoms with E-state index in [0.29, 0.717) is 60.8 Å². The molecule has 0 bridgehead atoms. The lowest BCUT2D eigenvalue weighted by Gasteiger charge is -2.24. The molecule has 0 spiro atoms. The van der Waals surface area contributed by atoms with Gasteiger partial charge in [0.15, 0.2) is 0 Å². The van der Waals surface area contributed by atoms with E-state index in [0.717, 1.165) is 4.90 Å². The predicted molar refractivity (Wildman–Crippen MR) is 171 cm³/mol. The topological polar surface area (TPSA) is 265 Å². The number of anilines is 2. The maximum Gasteiger partial charge on any atom is 0.344 e. The monoisotopic (exact) mass is 698 g/mol. The lowest BCUT2D eigenvalue weighted by molar-refractivity contribution is 0.365. The normalized spacial score (nSPS) is 12.6. The molecule has 7 N–H and O–H groups in total. The maximum absolute atomic E-state index is 11.4. The Bertz CT molecular complexity index is 1280. The number of nitrogens with one attached hydrogen (secondary N) is 1. The minimum atomic E-state index is -4.58. The van der Waals surface area contributed by atoms with Crippen LogP contribution in [0.5, 0.6) is 0 Å². The van der Waals surface area contributed by atoms with Gasteiger partial charge in [-0.3, -0.25) is 13.7 Å². The fourth-order valence-corrected chi connectivity index (χ4v) is 5.61. The number of nitrogens with zero attached hydrogens (tertiary/aromatic N) is 7. The highest BCUT2D eigenvalue weighted by Gasteiger charge is 2.29. The van der Waals surface area contributed by atoms with Gasteiger partial charge in [0, 0.05) is 25.7 Å². The van der Waals surface area contributed by atoms with E-state index in [-0.39, 0.29) is 23.7 Å². The molecule has 0 aliphatic rings. The van der Waals surface area contributed by atoms with Crippen LogP contribution in [0.2, 0.25) is 0 Å². The minimum Gasteiger partial charge on any atom is -0.342 e. The molecule has 2 rings (SSSR count). The molecule has 0 aromatic carbocycles. The second-order valence-corrected chi connectivity index (χ2v) is 17.4. The fourth-order valence-electron chi connectivity index (χ4n) is 3.76. The molecule has 2 heterocycles. The van der Waals surface area contributed by atoms with Crippen molar-refractivity contribution in [3.8, 4) is 0 Å². The van der Waals surface area contributed by atoms with Gasteiger partial charge in [-0.05, 0) is 23.7 Å². The Balaban J connectivity index is 0.000000461. The zero-order chi connectivity index (χ0) is 34.8. The van der Waals surface area contributed by atoms with Crippen molar-refractivity contribution in [2.75, 3.05) is 29.1 Å². The minimum absolute atomic E-state index is 0.132. The zero-order valence-electron chi connectivity index (χ0n) is 27.1. The summed E-state index contributed by atoms with van der Waals surface area (Å²) in [4.78, 5) is 81.0. The van der Waals surface area contributed by atoms with Crippen LogP contribution < -0.4 is 10.2 Å². The van der Waals surface area contributed by atoms with Crippen molar-refractivity contribution in [2.45, 2.75) is 81.1 Å². The van der Waals surface area contributed by atoms with Gasteiger partial charge in [-0.2, -0.15) is 19.9 Å². The summed E-state index contributed by atoms with van der Waals surface area (Å²) in [7, 11) is -13.3. The van der Waals surface area contributed by atoms with E-state index in [1.54, 1.807) is 0 Å². The first-order chi connectivity index (χ1) is 20.4. The van der Waals surface area contributed by atoms with E-state index < -0.39 is 41.6 Å². The Hall–Kier alpha value is -1.93. The third-order valence-electron chi connectivity index (χ3n) is 5.24. The number of rotatable bonds is 16. The van der Waals surface area contributed by atoms with Gasteiger partial charge in [0.25, 0.3) is 0 Å². The van der Waals surface area contributed by atoms with Crippen molar-refractivity contribution in [1.82, 2.24) is 29.9 Å². The molecular formula is C25H49N8O9P3. The van der Waals surface area contributed by atoms with Gasteiger partial charge < -0.3 is 39.6 Å². The predicted octanol–water partition coefficient (Wildman–Crippen LogP) is 3.16. The lowest BCUT2D eigenvalue weighted by atomic mass is 10.1. The number of hydrogen-bond acceptors (Lipinski definition) is 11. The largest absolute Gasteiger partial charge is 0.344 e. The Labute approximate surface area is 264 Å². The summed E-state index contributed by atoms with van der Waals surface area (Å²) in [6.07, 6.45) is 0.199. The summed E-state index contributed by atoms with van der Waals surface area (Å²) in [6, 6.07) is 0. The molecule has 0 aliphatic carbocycles. The van der Waals surface area contributed by atoms with E-state index in [4.69, 9.17) is 9.79 Å². The van der Waals surface area contributed by atoms with Crippen LogP contribution in [0.4, 0.5) is 11.9 Å². The second-order valence-electron chi connectivity index (χ2n) is 12.5. The van der Waals surface area contributed by atoms with Crippen molar-refractivity contribution in [3.05, 3.63) is 23.3 Å². The average molecular weight is 699 g/mol. The quantitative estimate of drug-likeness (QED) is 0.124. The van der Waals surface area contributed by atoms with Crippen LogP contribution in [0.25, 0.3) is 0 Å². The van der Waals surface area contributed by atoms with Crippen molar-refractivity contribution < 1.29 is 43.1 Å². The first-order valence-corrected chi connectivity index (χ1v) is 19.9. The highest BCUT2D eigenvalue weighted by Crippen LogP contribution is 2.42. The third-order valence-corrected chi connectivity index (χ3v) is 7.23. The van der Waals surface area contributed by atoms with Crippen LogP contribution in [0, 0.1) is 23.7 Å². The van der Waals surface area contributed by atoms with E-state index in [2.05, 4.69) is 62.9 Å². The number of aromatic nitrogens is 6. The summed E-state index contributed by atoms with van der Waals surface area (Å²) >= 11 is 0. The Morgan fingerprint density at radius 3 is 1.11 bits per heavy atom. The molecule has 0 unspecified atom stereocenters. The van der Waals surface area contributed by atoms with Gasteiger partial charge >= 0.3 is 22.8 Å². The molecule has 45 heavy (non-hydrogen) atoms. The van der Waals surface area contributed by atoms with Crippen molar-refractivity contribution in [1.29, 1.82) is 0 Å². The standard InChI is InChI=1S/C13H26N4O6P2.C12H23N4O3P/c1-9(2)5-11-14-12(6-10(3)4)16-13(15-11)17(7-24(18,19)20)8-25(21,22)23;1-8(2)5-10-14-11(6-9(3)4)16-12(15-10)13-7-20(17,18)19/h9-10H,5-8H2,1-4H3,(H2,18,19,20)(H2,21,22,23);8-9H,5-7H2,1-4H3,(H2,17,18,19)(H,13,14,15,16). The van der Waals surface area contributed by atoms with Crippen LogP contribution in [-0.4, -0.2) is 78.1 Å². The molecule has 258 valence electrons. The van der Waals surface area contributed by atoms with Gasteiger partial charge in [0.2, 0.25) is 11.9 Å². The van der Waals surface area contributed by atoms with E-state index in [9.17, 15) is 33.3 Å². The Morgan fingerprint density at radius 1 is 0.533 bits per heavy atom. The third kappa shape index (κ3) is 20.0. The van der Waals surface area contributed by atoms with Crippen LogP contribution in [0.3, 0.4) is 0 Å². The molecule has 0 radical (unpaired) electrons. The summed E-state index contributed by atoms with van der Waals surface area (Å²) in [6.45, 7) is 16.1. The van der Waals surface area contributed by atoms with Crippen LogP contribution >= 0.6 is 22.8 Å². The first kappa shape index (κ1) is 41.1. The van der Waals surface area contributed by atoms with Gasteiger partial charge in [0.1, 0.15) is 42.2 Å². The highest BCUT2D eigenvalue weighted by molar-refractivity contribution is 7.53. The van der Waals surface area contributed by atoms with E-state index in [1.165, 1.54) is 0 Å². The molecule has 0 saturated heterocycles. The Kier molecular flexibility index (Phi) is 16.3. The second kappa shape index (κ2) is 17.8. The summed E-state index contributed by atoms with van der Waals surface area (Å²) in [5, 5.41) is 2.59. The number of hydrogen-bond donors (Lipinski definition) is 7. The van der Waals surface area contributed by atoms with E-state index in [1.807, 2.05) is 27.7 Å². The molecule has 2 aromatic heterocycles. The molecule has 0 amide bonds. The van der Waals surface area contributed by atoms with Crippen LogP contribution in [0.1, 0.15) is 78.7 Å². The molecule has 20 heteroatoms. The summed E-state index contributed by atoms with van der Waals surface area (Å²) in [5.41, 5.74) is 0. The molecule has 0 saturated carbocycles. The molecule has 2 aromatic rings. The van der Waals surface area contributed by atoms with Crippen molar-refractivity contribution >= 4 is 34.7 Å². The van der Waals surface area contributed by atoms with Crippen LogP contribution in [-0.2, 0) is 39.4 Å². The average Bonchev–Trinajstić information content (AvgIpc) is 2.78. The smallest absolute Gasteiger partial charge is 0.342 e. The molecule has 0 fully saturated rings. The maximum atomic E-state index is 11.4. The summed E-state index contributed by atoms with van der Waals surface area (Å²) in [5.74, 6) is 3.53. The van der Waals surface area contributed by atoms with Gasteiger partial charge in [0.05, 0.1) is 0 Å². The molecule has 0 aliphatic heterocycles. The van der Waals surface area contributed by atoms with Crippen LogP contribution in [0.15, 0.2) is 0 Å². The van der Waals surface area contributed by atoms with E-state index >= 15 is 0 Å². The van der Waals surface area contributed by atoms with Crippen molar-refractivity contribution in [3.63, 3.8) is 0 Å². The Morgan fingerprint density at radius 2 is 0.844 bits per heavy atom. The molecule has 0 atom stereocenters. The summed E-state index contributed by atoms with van der Waals surface area (Å²) < 4.78 is 33.6. The van der Waals surface area contributed by atoms with Gasteiger partial charge in [-0.1, -0.05) is 55.4 Å². The molecular weight excluding hydrogens is 649 g/mol.